The highest BCUT2D eigenvalue weighted by Gasteiger charge is 2.24. The molecular weight excluding hydrogens is 424 g/mol. The van der Waals surface area contributed by atoms with Crippen molar-refractivity contribution in [2.24, 2.45) is 4.99 Å². The van der Waals surface area contributed by atoms with Crippen molar-refractivity contribution in [3.05, 3.63) is 76.1 Å². The van der Waals surface area contributed by atoms with Crippen molar-refractivity contribution >= 4 is 22.7 Å². The van der Waals surface area contributed by atoms with Gasteiger partial charge >= 0.3 is 0 Å². The van der Waals surface area contributed by atoms with Gasteiger partial charge in [-0.25, -0.2) is 4.99 Å². The van der Waals surface area contributed by atoms with Crippen LogP contribution in [0.1, 0.15) is 42.1 Å². The van der Waals surface area contributed by atoms with Gasteiger partial charge in [-0.1, -0.05) is 18.2 Å². The molecule has 0 saturated carbocycles. The largest absolute Gasteiger partial charge is 0.489 e. The number of aromatic amines is 2. The van der Waals surface area contributed by atoms with E-state index in [4.69, 9.17) is 14.5 Å². The van der Waals surface area contributed by atoms with Crippen molar-refractivity contribution in [1.82, 2.24) is 14.9 Å². The van der Waals surface area contributed by atoms with E-state index in [1.807, 2.05) is 0 Å². The van der Waals surface area contributed by atoms with Crippen molar-refractivity contribution in [2.75, 3.05) is 32.8 Å². The normalized spacial score (nSPS) is 18.2. The van der Waals surface area contributed by atoms with Crippen molar-refractivity contribution in [3.8, 4) is 0 Å². The number of nitrogens with zero attached hydrogens (tertiary/aromatic N) is 2. The van der Waals surface area contributed by atoms with E-state index in [-0.39, 0.29) is 6.10 Å². The van der Waals surface area contributed by atoms with Gasteiger partial charge in [-0.05, 0) is 63.5 Å². The highest BCUT2D eigenvalue weighted by atomic mass is 16.5. The molecule has 1 saturated heterocycles. The molecule has 0 bridgehead atoms. The van der Waals surface area contributed by atoms with Crippen LogP contribution < -0.4 is 0 Å². The summed E-state index contributed by atoms with van der Waals surface area (Å²) in [4.78, 5) is 14.6. The number of benzene rings is 1. The first-order valence-electron chi connectivity index (χ1n) is 12.2. The molecule has 0 atom stereocenters. The fraction of sp³-hybridized carbons (Fsp3) is 0.393. The number of hydrogen-bond acceptors (Lipinski definition) is 4. The fourth-order valence-corrected chi connectivity index (χ4v) is 4.80. The van der Waals surface area contributed by atoms with E-state index in [2.05, 4.69) is 85.0 Å². The summed E-state index contributed by atoms with van der Waals surface area (Å²) in [5, 5.41) is 1.27. The predicted molar refractivity (Wildman–Crippen MR) is 138 cm³/mol. The van der Waals surface area contributed by atoms with Crippen molar-refractivity contribution in [2.45, 2.75) is 40.2 Å². The number of hydrogen-bond donors (Lipinski definition) is 2. The van der Waals surface area contributed by atoms with E-state index in [1.165, 1.54) is 16.5 Å². The van der Waals surface area contributed by atoms with Crippen LogP contribution in [0.5, 0.6) is 0 Å². The molecule has 34 heavy (non-hydrogen) atoms. The molecule has 5 rings (SSSR count). The SMILES string of the molecule is Cc1cc(C)c(/C=C2\N=C(c3[nH]c4ccccc4c3CCN3CCOCC3)C=C2OC(C)C)[nH]1. The Bertz CT molecular complexity index is 1270. The summed E-state index contributed by atoms with van der Waals surface area (Å²) < 4.78 is 11.7. The van der Waals surface area contributed by atoms with Gasteiger partial charge in [0.2, 0.25) is 0 Å². The Kier molecular flexibility index (Phi) is 6.44. The molecule has 2 aliphatic heterocycles. The second-order valence-electron chi connectivity index (χ2n) is 9.48. The first-order chi connectivity index (χ1) is 16.5. The summed E-state index contributed by atoms with van der Waals surface area (Å²) >= 11 is 0. The van der Waals surface area contributed by atoms with Crippen LogP contribution >= 0.6 is 0 Å². The zero-order valence-electron chi connectivity index (χ0n) is 20.6. The first kappa shape index (κ1) is 22.7. The number of aliphatic imine (C=N–C) groups is 1. The number of para-hydroxylation sites is 1. The monoisotopic (exact) mass is 458 g/mol. The topological polar surface area (TPSA) is 65.6 Å². The maximum atomic E-state index is 6.19. The molecule has 2 N–H and O–H groups in total. The molecule has 0 radical (unpaired) electrons. The number of morpholine rings is 1. The maximum Gasteiger partial charge on any atom is 0.147 e. The van der Waals surface area contributed by atoms with E-state index in [0.29, 0.717) is 0 Å². The van der Waals surface area contributed by atoms with E-state index in [0.717, 1.165) is 79.0 Å². The second-order valence-corrected chi connectivity index (χ2v) is 9.48. The Morgan fingerprint density at radius 3 is 2.68 bits per heavy atom. The van der Waals surface area contributed by atoms with Gasteiger partial charge in [0.15, 0.2) is 0 Å². The summed E-state index contributed by atoms with van der Waals surface area (Å²) in [5.41, 5.74) is 8.74. The molecule has 1 fully saturated rings. The number of H-pyrrole nitrogens is 2. The molecule has 0 unspecified atom stereocenters. The van der Waals surface area contributed by atoms with Crippen molar-refractivity contribution in [3.63, 3.8) is 0 Å². The molecule has 2 aliphatic rings. The Labute approximate surface area is 201 Å². The third-order valence-corrected chi connectivity index (χ3v) is 6.45. The maximum absolute atomic E-state index is 6.19. The van der Waals surface area contributed by atoms with Gasteiger partial charge in [-0.2, -0.15) is 0 Å². The lowest BCUT2D eigenvalue weighted by Gasteiger charge is -2.26. The highest BCUT2D eigenvalue weighted by Crippen LogP contribution is 2.31. The summed E-state index contributed by atoms with van der Waals surface area (Å²) in [6, 6.07) is 10.7. The minimum Gasteiger partial charge on any atom is -0.489 e. The number of ether oxygens (including phenoxy) is 2. The zero-order valence-corrected chi connectivity index (χ0v) is 20.6. The van der Waals surface area contributed by atoms with E-state index < -0.39 is 0 Å². The van der Waals surface area contributed by atoms with E-state index in [1.54, 1.807) is 0 Å². The zero-order chi connectivity index (χ0) is 23.7. The van der Waals surface area contributed by atoms with Gasteiger partial charge < -0.3 is 19.4 Å². The molecule has 0 amide bonds. The molecule has 6 heteroatoms. The predicted octanol–water partition coefficient (Wildman–Crippen LogP) is 5.14. The molecular formula is C28H34N4O2. The lowest BCUT2D eigenvalue weighted by molar-refractivity contribution is 0.0385. The lowest BCUT2D eigenvalue weighted by atomic mass is 10.0. The van der Waals surface area contributed by atoms with Crippen LogP contribution in [0.3, 0.4) is 0 Å². The third kappa shape index (κ3) is 4.74. The average molecular weight is 459 g/mol. The fourth-order valence-electron chi connectivity index (χ4n) is 4.80. The first-order valence-corrected chi connectivity index (χ1v) is 12.2. The highest BCUT2D eigenvalue weighted by molar-refractivity contribution is 6.14. The smallest absolute Gasteiger partial charge is 0.147 e. The number of aromatic nitrogens is 2. The number of aryl methyl sites for hydroxylation is 2. The quantitative estimate of drug-likeness (QED) is 0.515. The minimum atomic E-state index is 0.0687. The number of fused-ring (bicyclic) bond motifs is 1. The van der Waals surface area contributed by atoms with Crippen LogP contribution in [0.25, 0.3) is 17.0 Å². The van der Waals surface area contributed by atoms with Gasteiger partial charge in [-0.3, -0.25) is 4.90 Å². The van der Waals surface area contributed by atoms with Crippen molar-refractivity contribution < 1.29 is 9.47 Å². The van der Waals surface area contributed by atoms with Gasteiger partial charge in [0.05, 0.1) is 30.7 Å². The van der Waals surface area contributed by atoms with Crippen LogP contribution in [0.4, 0.5) is 0 Å². The molecule has 4 heterocycles. The Morgan fingerprint density at radius 1 is 1.15 bits per heavy atom. The van der Waals surface area contributed by atoms with Gasteiger partial charge in [0, 0.05) is 48.0 Å². The Morgan fingerprint density at radius 2 is 1.94 bits per heavy atom. The van der Waals surface area contributed by atoms with Gasteiger partial charge in [0.25, 0.3) is 0 Å². The van der Waals surface area contributed by atoms with Crippen molar-refractivity contribution in [1.29, 1.82) is 0 Å². The molecule has 1 aromatic carbocycles. The molecule has 178 valence electrons. The van der Waals surface area contributed by atoms with E-state index >= 15 is 0 Å². The molecule has 0 spiro atoms. The lowest BCUT2D eigenvalue weighted by Crippen LogP contribution is -2.37. The van der Waals surface area contributed by atoms with Gasteiger partial charge in [-0.15, -0.1) is 0 Å². The van der Waals surface area contributed by atoms with Gasteiger partial charge in [0.1, 0.15) is 11.5 Å². The molecule has 0 aliphatic carbocycles. The average Bonchev–Trinajstić information content (AvgIpc) is 3.48. The summed E-state index contributed by atoms with van der Waals surface area (Å²) in [5.74, 6) is 0.814. The minimum absolute atomic E-state index is 0.0687. The number of nitrogens with one attached hydrogen (secondary N) is 2. The molecule has 3 aromatic rings. The van der Waals surface area contributed by atoms with Crippen LogP contribution in [-0.4, -0.2) is 59.5 Å². The van der Waals surface area contributed by atoms with Crippen LogP contribution in [-0.2, 0) is 15.9 Å². The van der Waals surface area contributed by atoms with Crippen LogP contribution in [0.2, 0.25) is 0 Å². The molecule has 2 aromatic heterocycles. The van der Waals surface area contributed by atoms with Crippen LogP contribution in [0.15, 0.2) is 52.9 Å². The standard InChI is InChI=1S/C28H34N4O2/c1-18(2)34-27-17-26(30-25(27)16-24-19(3)15-20(4)29-24)28-22(9-10-32-11-13-33-14-12-32)21-7-5-6-8-23(21)31-28/h5-8,15-18,29,31H,9-14H2,1-4H3/b25-16-. The summed E-state index contributed by atoms with van der Waals surface area (Å²) in [6.45, 7) is 12.9. The number of allylic oxidation sites excluding steroid dienone is 1. The Hall–Kier alpha value is -3.09. The second kappa shape index (κ2) is 9.65. The molecule has 6 nitrogen and oxygen atoms in total. The summed E-state index contributed by atoms with van der Waals surface area (Å²) in [7, 11) is 0. The van der Waals surface area contributed by atoms with Crippen LogP contribution in [0, 0.1) is 13.8 Å². The summed E-state index contributed by atoms with van der Waals surface area (Å²) in [6.07, 6.45) is 5.21. The Balaban J connectivity index is 1.53. The van der Waals surface area contributed by atoms with E-state index in [9.17, 15) is 0 Å². The number of rotatable bonds is 7. The third-order valence-electron chi connectivity index (χ3n) is 6.45.